The minimum Gasteiger partial charge on any atom is -0.507 e. The molecular formula is C25H17F3N2O5. The summed E-state index contributed by atoms with van der Waals surface area (Å²) in [5.41, 5.74) is 1.71. The number of hydrogen-bond donors (Lipinski definition) is 1. The molecule has 10 heteroatoms. The molecule has 35 heavy (non-hydrogen) atoms. The van der Waals surface area contributed by atoms with Crippen molar-refractivity contribution in [2.45, 2.75) is 18.8 Å². The first-order valence-electron chi connectivity index (χ1n) is 10.6. The fourth-order valence-electron chi connectivity index (χ4n) is 4.26. The minimum atomic E-state index is -4.87. The molecule has 3 aromatic rings. The zero-order valence-corrected chi connectivity index (χ0v) is 18.0. The normalized spacial score (nSPS) is 18.9. The average molecular weight is 482 g/mol. The highest BCUT2D eigenvalue weighted by Gasteiger charge is 2.47. The second kappa shape index (κ2) is 8.46. The highest BCUT2D eigenvalue weighted by molar-refractivity contribution is 6.51. The van der Waals surface area contributed by atoms with Gasteiger partial charge in [0.1, 0.15) is 17.3 Å². The monoisotopic (exact) mass is 482 g/mol. The Morgan fingerprint density at radius 1 is 1.06 bits per heavy atom. The predicted octanol–water partition coefficient (Wildman–Crippen LogP) is 4.54. The van der Waals surface area contributed by atoms with E-state index in [9.17, 15) is 27.9 Å². The van der Waals surface area contributed by atoms with Crippen molar-refractivity contribution in [1.29, 1.82) is 0 Å². The molecule has 1 fully saturated rings. The summed E-state index contributed by atoms with van der Waals surface area (Å²) in [5.74, 6) is -1.99. The van der Waals surface area contributed by atoms with Crippen molar-refractivity contribution < 1.29 is 37.3 Å². The summed E-state index contributed by atoms with van der Waals surface area (Å²) in [7, 11) is 0. The first-order chi connectivity index (χ1) is 16.7. The molecule has 7 nitrogen and oxygen atoms in total. The fourth-order valence-corrected chi connectivity index (χ4v) is 4.26. The third kappa shape index (κ3) is 4.18. The van der Waals surface area contributed by atoms with E-state index in [0.717, 1.165) is 22.6 Å². The SMILES string of the molecule is O=C1C(=O)N(c2ccc(OC(F)(F)F)cc2)C(c2ccncc2)/C1=C(/O)c1ccc2c(c1)CCO2. The average Bonchev–Trinajstić information content (AvgIpc) is 3.41. The standard InChI is InChI=1S/C25H17F3N2O5/c26-25(27,28)35-18-4-2-17(3-5-18)30-21(14-7-10-29-11-8-14)20(23(32)24(30)33)22(31)16-1-6-19-15(13-16)9-12-34-19/h1-8,10-11,13,21,31H,9,12H2/b22-20-. The van der Waals surface area contributed by atoms with Gasteiger partial charge in [-0.15, -0.1) is 13.2 Å². The van der Waals surface area contributed by atoms with E-state index >= 15 is 0 Å². The van der Waals surface area contributed by atoms with Gasteiger partial charge >= 0.3 is 6.36 Å². The summed E-state index contributed by atoms with van der Waals surface area (Å²) in [6.07, 6.45) is -1.28. The van der Waals surface area contributed by atoms with Gasteiger partial charge in [0.25, 0.3) is 11.7 Å². The fraction of sp³-hybridized carbons (Fsp3) is 0.160. The van der Waals surface area contributed by atoms with Gasteiger partial charge in [0.05, 0.1) is 18.2 Å². The summed E-state index contributed by atoms with van der Waals surface area (Å²) < 4.78 is 47.0. The number of ether oxygens (including phenoxy) is 2. The van der Waals surface area contributed by atoms with Crippen molar-refractivity contribution in [3.63, 3.8) is 0 Å². The number of pyridine rings is 1. The Bertz CT molecular complexity index is 1340. The van der Waals surface area contributed by atoms with E-state index < -0.39 is 29.8 Å². The molecule has 0 spiro atoms. The van der Waals surface area contributed by atoms with E-state index in [1.807, 2.05) is 0 Å². The van der Waals surface area contributed by atoms with Crippen molar-refractivity contribution >= 4 is 23.1 Å². The first kappa shape index (κ1) is 22.5. The maximum absolute atomic E-state index is 13.2. The lowest BCUT2D eigenvalue weighted by Crippen LogP contribution is -2.29. The Labute approximate surface area is 197 Å². The number of nitrogens with zero attached hydrogens (tertiary/aromatic N) is 2. The molecule has 1 atom stereocenters. The van der Waals surface area contributed by atoms with Crippen LogP contribution in [0.15, 0.2) is 72.6 Å². The van der Waals surface area contributed by atoms with Crippen molar-refractivity contribution in [3.8, 4) is 11.5 Å². The summed E-state index contributed by atoms with van der Waals surface area (Å²) in [6.45, 7) is 0.509. The van der Waals surface area contributed by atoms with Crippen molar-refractivity contribution in [1.82, 2.24) is 4.98 Å². The van der Waals surface area contributed by atoms with Crippen molar-refractivity contribution in [2.75, 3.05) is 11.5 Å². The topological polar surface area (TPSA) is 89.0 Å². The Morgan fingerprint density at radius 2 is 1.77 bits per heavy atom. The number of ketones is 1. The molecule has 2 aromatic carbocycles. The molecule has 0 saturated carbocycles. The van der Waals surface area contributed by atoms with Crippen LogP contribution in [0.3, 0.4) is 0 Å². The Kier molecular flexibility index (Phi) is 5.43. The first-order valence-corrected chi connectivity index (χ1v) is 10.6. The highest BCUT2D eigenvalue weighted by Crippen LogP contribution is 2.43. The zero-order valence-electron chi connectivity index (χ0n) is 18.0. The molecule has 0 aliphatic carbocycles. The van der Waals surface area contributed by atoms with Gasteiger partial charge in [-0.1, -0.05) is 0 Å². The highest BCUT2D eigenvalue weighted by atomic mass is 19.4. The lowest BCUT2D eigenvalue weighted by atomic mass is 9.95. The maximum atomic E-state index is 13.2. The number of aliphatic hydroxyl groups excluding tert-OH is 1. The number of carbonyl (C=O) groups excluding carboxylic acids is 2. The van der Waals surface area contributed by atoms with Gasteiger partial charge in [0, 0.05) is 30.1 Å². The van der Waals surface area contributed by atoms with Gasteiger partial charge in [-0.05, 0) is 65.7 Å². The van der Waals surface area contributed by atoms with Gasteiger partial charge in [-0.2, -0.15) is 0 Å². The number of amides is 1. The number of benzene rings is 2. The van der Waals surface area contributed by atoms with Gasteiger partial charge in [0.2, 0.25) is 0 Å². The van der Waals surface area contributed by atoms with Crippen LogP contribution in [-0.4, -0.2) is 34.8 Å². The summed E-state index contributed by atoms with van der Waals surface area (Å²) >= 11 is 0. The van der Waals surface area contributed by atoms with Gasteiger partial charge in [0.15, 0.2) is 0 Å². The van der Waals surface area contributed by atoms with E-state index in [2.05, 4.69) is 9.72 Å². The minimum absolute atomic E-state index is 0.143. The maximum Gasteiger partial charge on any atom is 0.573 e. The lowest BCUT2D eigenvalue weighted by molar-refractivity contribution is -0.274. The molecule has 2 aliphatic rings. The van der Waals surface area contributed by atoms with Crippen LogP contribution in [0.2, 0.25) is 0 Å². The van der Waals surface area contributed by atoms with Crippen LogP contribution in [0.4, 0.5) is 18.9 Å². The molecule has 3 heterocycles. The van der Waals surface area contributed by atoms with Crippen LogP contribution in [0.5, 0.6) is 11.5 Å². The largest absolute Gasteiger partial charge is 0.573 e. The second-order valence-electron chi connectivity index (χ2n) is 7.91. The van der Waals surface area contributed by atoms with Crippen LogP contribution in [0.25, 0.3) is 5.76 Å². The predicted molar refractivity (Wildman–Crippen MR) is 118 cm³/mol. The molecule has 0 bridgehead atoms. The number of aromatic nitrogens is 1. The Balaban J connectivity index is 1.61. The summed E-state index contributed by atoms with van der Waals surface area (Å²) in [5, 5.41) is 11.2. The van der Waals surface area contributed by atoms with Crippen LogP contribution in [0, 0.1) is 0 Å². The Morgan fingerprint density at radius 3 is 2.46 bits per heavy atom. The molecule has 5 rings (SSSR count). The second-order valence-corrected chi connectivity index (χ2v) is 7.91. The zero-order chi connectivity index (χ0) is 24.7. The van der Waals surface area contributed by atoms with Crippen LogP contribution >= 0.6 is 0 Å². The number of alkyl halides is 3. The molecule has 1 saturated heterocycles. The number of rotatable bonds is 4. The van der Waals surface area contributed by atoms with Crippen LogP contribution in [0.1, 0.15) is 22.7 Å². The third-order valence-corrected chi connectivity index (χ3v) is 5.78. The molecule has 178 valence electrons. The molecule has 1 amide bonds. The molecular weight excluding hydrogens is 465 g/mol. The Hall–Kier alpha value is -4.34. The van der Waals surface area contributed by atoms with E-state index in [0.29, 0.717) is 29.9 Å². The van der Waals surface area contributed by atoms with E-state index in [4.69, 9.17) is 4.74 Å². The number of fused-ring (bicyclic) bond motifs is 1. The van der Waals surface area contributed by atoms with Crippen LogP contribution in [-0.2, 0) is 16.0 Å². The third-order valence-electron chi connectivity index (χ3n) is 5.78. The number of aliphatic hydroxyl groups is 1. The molecule has 0 radical (unpaired) electrons. The molecule has 1 aromatic heterocycles. The van der Waals surface area contributed by atoms with Crippen LogP contribution < -0.4 is 14.4 Å². The van der Waals surface area contributed by atoms with E-state index in [1.54, 1.807) is 30.3 Å². The summed E-state index contributed by atoms with van der Waals surface area (Å²) in [6, 6.07) is 11.7. The van der Waals surface area contributed by atoms with Crippen molar-refractivity contribution in [3.05, 3.63) is 89.3 Å². The summed E-state index contributed by atoms with van der Waals surface area (Å²) in [4.78, 5) is 31.4. The smallest absolute Gasteiger partial charge is 0.507 e. The number of hydrogen-bond acceptors (Lipinski definition) is 6. The number of halogens is 3. The van der Waals surface area contributed by atoms with Gasteiger partial charge in [-0.25, -0.2) is 0 Å². The number of Topliss-reactive ketones (excluding diaryl/α,β-unsaturated/α-hetero) is 1. The van der Waals surface area contributed by atoms with Crippen molar-refractivity contribution in [2.24, 2.45) is 0 Å². The molecule has 1 N–H and O–H groups in total. The molecule has 2 aliphatic heterocycles. The van der Waals surface area contributed by atoms with E-state index in [-0.39, 0.29) is 17.0 Å². The van der Waals surface area contributed by atoms with E-state index in [1.165, 1.54) is 24.5 Å². The number of anilines is 1. The molecule has 1 unspecified atom stereocenters. The van der Waals surface area contributed by atoms with Gasteiger partial charge < -0.3 is 14.6 Å². The quantitative estimate of drug-likeness (QED) is 0.334. The van der Waals surface area contributed by atoms with Gasteiger partial charge in [-0.3, -0.25) is 19.5 Å². The lowest BCUT2D eigenvalue weighted by Gasteiger charge is -2.25. The number of carbonyl (C=O) groups is 2.